The number of aromatic nitrogens is 2. The maximum atomic E-state index is 13.3. The summed E-state index contributed by atoms with van der Waals surface area (Å²) in [6.45, 7) is 21.4. The molecule has 3 heterocycles. The summed E-state index contributed by atoms with van der Waals surface area (Å²) in [5.41, 5.74) is 2.84. The molecule has 8 heteroatoms. The summed E-state index contributed by atoms with van der Waals surface area (Å²) < 4.78 is 13.8. The molecule has 0 N–H and O–H groups in total. The average Bonchev–Trinajstić information content (AvgIpc) is 3.22. The lowest BCUT2D eigenvalue weighted by atomic mass is 9.83. The largest absolute Gasteiger partial charge is 0.457 e. The van der Waals surface area contributed by atoms with Gasteiger partial charge < -0.3 is 14.1 Å². The Balaban J connectivity index is 1.91. The predicted octanol–water partition coefficient (Wildman–Crippen LogP) is 4.29. The minimum Gasteiger partial charge on any atom is -0.457 e. The lowest BCUT2D eigenvalue weighted by Crippen LogP contribution is -2.63. The predicted molar refractivity (Wildman–Crippen MR) is 127 cm³/mol. The molecule has 0 bridgehead atoms. The van der Waals surface area contributed by atoms with Crippen LogP contribution < -0.4 is 0 Å². The molecule has 0 saturated carbocycles. The fraction of sp³-hybridized carbons (Fsp3) is 0.625. The van der Waals surface area contributed by atoms with Gasteiger partial charge in [0.2, 0.25) is 5.91 Å². The third kappa shape index (κ3) is 4.10. The third-order valence-electron chi connectivity index (χ3n) is 7.12. The van der Waals surface area contributed by atoms with Crippen LogP contribution in [0, 0.1) is 12.8 Å². The van der Waals surface area contributed by atoms with E-state index in [2.05, 4.69) is 45.5 Å². The topological polar surface area (TPSA) is 73.7 Å². The van der Waals surface area contributed by atoms with Crippen LogP contribution in [0.25, 0.3) is 5.57 Å². The van der Waals surface area contributed by atoms with E-state index >= 15 is 0 Å². The molecule has 32 heavy (non-hydrogen) atoms. The number of nitrogens with zero attached hydrogens (tertiary/aromatic N) is 3. The van der Waals surface area contributed by atoms with E-state index in [4.69, 9.17) is 9.16 Å². The average molecular weight is 460 g/mol. The number of aryl methyl sites for hydroxylation is 2. The molecule has 1 amide bonds. The van der Waals surface area contributed by atoms with Crippen molar-refractivity contribution in [3.8, 4) is 0 Å². The van der Waals surface area contributed by atoms with Crippen molar-refractivity contribution in [3.05, 3.63) is 35.8 Å². The normalized spacial score (nSPS) is 22.0. The molecule has 3 atom stereocenters. The number of rotatable bonds is 8. The van der Waals surface area contributed by atoms with Gasteiger partial charge in [-0.2, -0.15) is 5.10 Å². The van der Waals surface area contributed by atoms with Gasteiger partial charge in [0, 0.05) is 17.8 Å². The number of esters is 1. The van der Waals surface area contributed by atoms with Crippen LogP contribution in [-0.2, 0) is 25.3 Å². The lowest BCUT2D eigenvalue weighted by molar-refractivity contribution is -0.161. The van der Waals surface area contributed by atoms with Crippen molar-refractivity contribution < 1.29 is 18.8 Å². The Morgan fingerprint density at radius 2 is 2.06 bits per heavy atom. The van der Waals surface area contributed by atoms with Gasteiger partial charge in [-0.25, -0.2) is 4.79 Å². The van der Waals surface area contributed by atoms with Gasteiger partial charge in [-0.05, 0) is 51.4 Å². The highest BCUT2D eigenvalue weighted by Gasteiger charge is 2.58. The molecule has 1 saturated heterocycles. The SMILES string of the molecule is C=CCOC(=O)C1=C(c2cc(C)n(CC)n2)C[C@@H]2[C@@H]([C@@H](C)O[Si](C)(C)C(C)(C)C)C(=O)N12. The molecular weight excluding hydrogens is 422 g/mol. The number of hydrogen-bond acceptors (Lipinski definition) is 5. The van der Waals surface area contributed by atoms with Gasteiger partial charge in [0.05, 0.1) is 23.8 Å². The quantitative estimate of drug-likeness (QED) is 0.251. The number of carbonyl (C=O) groups is 2. The van der Waals surface area contributed by atoms with Crippen LogP contribution >= 0.6 is 0 Å². The summed E-state index contributed by atoms with van der Waals surface area (Å²) in [7, 11) is -2.04. The second-order valence-electron chi connectivity index (χ2n) is 10.3. The van der Waals surface area contributed by atoms with E-state index in [9.17, 15) is 9.59 Å². The van der Waals surface area contributed by atoms with Gasteiger partial charge in [0.15, 0.2) is 8.32 Å². The Kier molecular flexibility index (Phi) is 6.59. The van der Waals surface area contributed by atoms with E-state index in [1.165, 1.54) is 6.08 Å². The van der Waals surface area contributed by atoms with Crippen LogP contribution in [0.1, 0.15) is 52.4 Å². The number of amides is 1. The first-order valence-electron chi connectivity index (χ1n) is 11.4. The van der Waals surface area contributed by atoms with Crippen LogP contribution in [0.5, 0.6) is 0 Å². The third-order valence-corrected chi connectivity index (χ3v) is 11.7. The van der Waals surface area contributed by atoms with Crippen LogP contribution in [0.3, 0.4) is 0 Å². The lowest BCUT2D eigenvalue weighted by Gasteiger charge is -2.48. The molecule has 1 aromatic rings. The van der Waals surface area contributed by atoms with Crippen LogP contribution in [0.4, 0.5) is 0 Å². The minimum atomic E-state index is -2.04. The van der Waals surface area contributed by atoms with Gasteiger partial charge in [0.1, 0.15) is 12.3 Å². The highest BCUT2D eigenvalue weighted by Crippen LogP contribution is 2.48. The Labute approximate surface area is 192 Å². The highest BCUT2D eigenvalue weighted by molar-refractivity contribution is 6.74. The number of hydrogen-bond donors (Lipinski definition) is 0. The molecule has 2 aliphatic rings. The first kappa shape index (κ1) is 24.4. The van der Waals surface area contributed by atoms with E-state index in [1.54, 1.807) is 4.90 Å². The van der Waals surface area contributed by atoms with Crippen molar-refractivity contribution in [2.75, 3.05) is 6.61 Å². The number of β-lactam (4-membered cyclic amide) rings is 1. The van der Waals surface area contributed by atoms with Gasteiger partial charge in [-0.15, -0.1) is 0 Å². The van der Waals surface area contributed by atoms with Crippen molar-refractivity contribution in [2.45, 2.75) is 84.8 Å². The van der Waals surface area contributed by atoms with Gasteiger partial charge in [-0.3, -0.25) is 9.48 Å². The molecule has 7 nitrogen and oxygen atoms in total. The summed E-state index contributed by atoms with van der Waals surface area (Å²) in [5, 5.41) is 4.73. The van der Waals surface area contributed by atoms with Crippen LogP contribution in [-0.4, -0.2) is 53.6 Å². The zero-order valence-corrected chi connectivity index (χ0v) is 21.7. The van der Waals surface area contributed by atoms with Crippen molar-refractivity contribution in [1.82, 2.24) is 14.7 Å². The summed E-state index contributed by atoms with van der Waals surface area (Å²) >= 11 is 0. The van der Waals surface area contributed by atoms with Gasteiger partial charge >= 0.3 is 5.97 Å². The maximum absolute atomic E-state index is 13.3. The molecule has 1 fully saturated rings. The van der Waals surface area contributed by atoms with E-state index < -0.39 is 14.3 Å². The molecule has 0 radical (unpaired) electrons. The van der Waals surface area contributed by atoms with Gasteiger partial charge in [-0.1, -0.05) is 33.4 Å². The first-order valence-corrected chi connectivity index (χ1v) is 14.3. The van der Waals surface area contributed by atoms with Crippen molar-refractivity contribution >= 4 is 25.8 Å². The van der Waals surface area contributed by atoms with Crippen molar-refractivity contribution in [2.24, 2.45) is 5.92 Å². The fourth-order valence-electron chi connectivity index (χ4n) is 4.37. The van der Waals surface area contributed by atoms with E-state index in [-0.39, 0.29) is 35.6 Å². The monoisotopic (exact) mass is 459 g/mol. The second kappa shape index (κ2) is 8.63. The molecule has 2 aliphatic heterocycles. The Hall–Kier alpha value is -2.19. The Bertz CT molecular complexity index is 957. The van der Waals surface area contributed by atoms with E-state index in [0.717, 1.165) is 23.5 Å². The van der Waals surface area contributed by atoms with Gasteiger partial charge in [0.25, 0.3) is 0 Å². The molecule has 3 rings (SSSR count). The number of carbonyl (C=O) groups excluding carboxylic acids is 2. The Morgan fingerprint density at radius 1 is 1.41 bits per heavy atom. The standard InChI is InChI=1S/C24H37N3O4Si/c1-10-12-30-23(29)21-17(18-13-15(3)26(11-2)25-18)14-19-20(22(28)27(19)21)16(4)31-32(8,9)24(5,6)7/h10,13,16,19-20H,1,11-12,14H2,2-9H3/t16-,19-,20-/m1/s1. The molecule has 1 aromatic heterocycles. The number of ether oxygens (including phenoxy) is 1. The summed E-state index contributed by atoms with van der Waals surface area (Å²) in [5.74, 6) is -0.859. The molecule has 0 aromatic carbocycles. The Morgan fingerprint density at radius 3 is 2.59 bits per heavy atom. The second-order valence-corrected chi connectivity index (χ2v) is 15.0. The molecule has 176 valence electrons. The van der Waals surface area contributed by atoms with E-state index in [1.807, 2.05) is 31.5 Å². The number of fused-ring (bicyclic) bond motifs is 1. The van der Waals surface area contributed by atoms with Crippen molar-refractivity contribution in [1.29, 1.82) is 0 Å². The first-order chi connectivity index (χ1) is 14.8. The van der Waals surface area contributed by atoms with Crippen LogP contribution in [0.15, 0.2) is 24.4 Å². The zero-order valence-electron chi connectivity index (χ0n) is 20.7. The van der Waals surface area contributed by atoms with E-state index in [0.29, 0.717) is 12.1 Å². The van der Waals surface area contributed by atoms with Crippen molar-refractivity contribution in [3.63, 3.8) is 0 Å². The summed E-state index contributed by atoms with van der Waals surface area (Å²) in [6, 6.07) is 1.86. The van der Waals surface area contributed by atoms with Crippen LogP contribution in [0.2, 0.25) is 18.1 Å². The molecular formula is C24H37N3O4Si. The molecule has 0 unspecified atom stereocenters. The smallest absolute Gasteiger partial charge is 0.355 e. The maximum Gasteiger partial charge on any atom is 0.355 e. The summed E-state index contributed by atoms with van der Waals surface area (Å²) in [6.07, 6.45) is 1.88. The summed E-state index contributed by atoms with van der Waals surface area (Å²) in [4.78, 5) is 27.8. The zero-order chi connectivity index (χ0) is 24.0. The fourth-order valence-corrected chi connectivity index (χ4v) is 5.80. The molecule has 0 spiro atoms. The highest BCUT2D eigenvalue weighted by atomic mass is 28.4. The molecule has 0 aliphatic carbocycles. The minimum absolute atomic E-state index is 0.0526.